The van der Waals surface area contributed by atoms with E-state index in [1.165, 1.54) is 0 Å². The molecule has 4 heterocycles. The van der Waals surface area contributed by atoms with Crippen molar-refractivity contribution in [2.24, 2.45) is 0 Å². The lowest BCUT2D eigenvalue weighted by atomic mass is 10.1. The van der Waals surface area contributed by atoms with Gasteiger partial charge in [-0.2, -0.15) is 15.2 Å². The number of nitrogens with one attached hydrogen (secondary N) is 1. The van der Waals surface area contributed by atoms with Crippen LogP contribution in [0.4, 0.5) is 5.82 Å². The fourth-order valence-corrected chi connectivity index (χ4v) is 5.64. The molecule has 2 saturated heterocycles. The number of ether oxygens (including phenoxy) is 4. The Hall–Kier alpha value is -2.95. The van der Waals surface area contributed by atoms with E-state index >= 15 is 0 Å². The number of benzene rings is 1. The SMILES string of the molecule is CCOP(=O)(O)COC[C@H]1O[C@@H](n2cnc3c(N[C@@H](C)c4ccccc4)nc(C#N)nc32)[C@@H]2OC(C)(C)O[C@@H]21. The first-order chi connectivity index (χ1) is 18.6. The van der Waals surface area contributed by atoms with E-state index in [9.17, 15) is 14.7 Å². The third-order valence-electron chi connectivity index (χ3n) is 6.44. The van der Waals surface area contributed by atoms with Crippen LogP contribution >= 0.6 is 7.60 Å². The molecule has 2 aliphatic heterocycles. The second kappa shape index (κ2) is 10.9. The van der Waals surface area contributed by atoms with Crippen LogP contribution in [0.25, 0.3) is 11.2 Å². The van der Waals surface area contributed by atoms with Crippen molar-refractivity contribution in [2.75, 3.05) is 24.9 Å². The fraction of sp³-hybridized carbons (Fsp3) is 0.520. The summed E-state index contributed by atoms with van der Waals surface area (Å²) < 4.78 is 42.7. The Labute approximate surface area is 225 Å². The number of fused-ring (bicyclic) bond motifs is 2. The molecule has 0 aliphatic carbocycles. The molecule has 1 aromatic carbocycles. The molecule has 0 amide bonds. The van der Waals surface area contributed by atoms with Gasteiger partial charge in [-0.3, -0.25) is 9.13 Å². The number of nitriles is 1. The highest BCUT2D eigenvalue weighted by molar-refractivity contribution is 7.52. The second-order valence-electron chi connectivity index (χ2n) is 9.79. The van der Waals surface area contributed by atoms with E-state index in [0.29, 0.717) is 17.0 Å². The van der Waals surface area contributed by atoms with Crippen molar-refractivity contribution < 1.29 is 32.9 Å². The monoisotopic (exact) mass is 558 g/mol. The number of nitrogens with zero attached hydrogens (tertiary/aromatic N) is 5. The summed E-state index contributed by atoms with van der Waals surface area (Å²) in [6, 6.07) is 11.8. The molecule has 0 radical (unpaired) electrons. The zero-order chi connectivity index (χ0) is 27.8. The van der Waals surface area contributed by atoms with Crippen LogP contribution in [0.5, 0.6) is 0 Å². The van der Waals surface area contributed by atoms with Gasteiger partial charge in [-0.25, -0.2) is 4.98 Å². The number of anilines is 1. The number of hydrogen-bond donors (Lipinski definition) is 2. The summed E-state index contributed by atoms with van der Waals surface area (Å²) in [6.45, 7) is 7.28. The van der Waals surface area contributed by atoms with Crippen LogP contribution in [0, 0.1) is 11.3 Å². The van der Waals surface area contributed by atoms with Gasteiger partial charge in [-0.15, -0.1) is 0 Å². The molecule has 2 fully saturated rings. The van der Waals surface area contributed by atoms with Crippen LogP contribution in [0.15, 0.2) is 36.7 Å². The molecule has 6 atom stereocenters. The molecule has 14 heteroatoms. The first-order valence-corrected chi connectivity index (χ1v) is 14.4. The molecule has 2 aliphatic rings. The normalized spacial score (nSPS) is 26.2. The lowest BCUT2D eigenvalue weighted by Crippen LogP contribution is -2.33. The van der Waals surface area contributed by atoms with Gasteiger partial charge in [0, 0.05) is 0 Å². The maximum Gasteiger partial charge on any atom is 0.353 e. The summed E-state index contributed by atoms with van der Waals surface area (Å²) in [5.74, 6) is -0.506. The topological polar surface area (TPSA) is 163 Å². The highest BCUT2D eigenvalue weighted by Gasteiger charge is 2.56. The van der Waals surface area contributed by atoms with Gasteiger partial charge in [-0.05, 0) is 33.3 Å². The van der Waals surface area contributed by atoms with Gasteiger partial charge in [0.05, 0.1) is 25.6 Å². The molecule has 13 nitrogen and oxygen atoms in total. The summed E-state index contributed by atoms with van der Waals surface area (Å²) in [7, 11) is -3.87. The van der Waals surface area contributed by atoms with Crippen molar-refractivity contribution >= 4 is 24.6 Å². The third-order valence-corrected chi connectivity index (χ3v) is 7.61. The molecule has 208 valence electrons. The molecule has 2 aromatic heterocycles. The molecular formula is C25H31N6O7P. The lowest BCUT2D eigenvalue weighted by molar-refractivity contribution is -0.201. The second-order valence-corrected chi connectivity index (χ2v) is 11.6. The predicted molar refractivity (Wildman–Crippen MR) is 139 cm³/mol. The van der Waals surface area contributed by atoms with E-state index in [1.54, 1.807) is 31.7 Å². The van der Waals surface area contributed by atoms with Crippen LogP contribution in [0.1, 0.15) is 51.4 Å². The van der Waals surface area contributed by atoms with Crippen LogP contribution in [0.2, 0.25) is 0 Å². The third kappa shape index (κ3) is 5.83. The van der Waals surface area contributed by atoms with Gasteiger partial charge in [-0.1, -0.05) is 30.3 Å². The maximum absolute atomic E-state index is 12.0. The highest BCUT2D eigenvalue weighted by Crippen LogP contribution is 2.45. The fourth-order valence-electron chi connectivity index (χ4n) is 4.82. The van der Waals surface area contributed by atoms with E-state index in [4.69, 9.17) is 23.5 Å². The molecule has 5 rings (SSSR count). The Morgan fingerprint density at radius 3 is 2.72 bits per heavy atom. The first-order valence-electron chi connectivity index (χ1n) is 12.6. The molecule has 39 heavy (non-hydrogen) atoms. The molecule has 0 saturated carbocycles. The summed E-state index contributed by atoms with van der Waals surface area (Å²) in [5.41, 5.74) is 1.90. The Morgan fingerprint density at radius 2 is 2.00 bits per heavy atom. The van der Waals surface area contributed by atoms with Gasteiger partial charge in [0.1, 0.15) is 30.7 Å². The van der Waals surface area contributed by atoms with E-state index in [1.807, 2.05) is 43.3 Å². The molecular weight excluding hydrogens is 527 g/mol. The Balaban J connectivity index is 1.43. The number of aromatic nitrogens is 4. The largest absolute Gasteiger partial charge is 0.366 e. The van der Waals surface area contributed by atoms with Crippen molar-refractivity contribution in [1.29, 1.82) is 5.26 Å². The number of imidazole rings is 1. The minimum atomic E-state index is -3.87. The van der Waals surface area contributed by atoms with E-state index in [-0.39, 0.29) is 25.1 Å². The average Bonchev–Trinajstić information content (AvgIpc) is 3.55. The van der Waals surface area contributed by atoms with Crippen LogP contribution in [0.3, 0.4) is 0 Å². The van der Waals surface area contributed by atoms with Crippen molar-refractivity contribution in [3.05, 3.63) is 48.0 Å². The van der Waals surface area contributed by atoms with Crippen molar-refractivity contribution in [3.8, 4) is 6.07 Å². The Morgan fingerprint density at radius 1 is 1.26 bits per heavy atom. The van der Waals surface area contributed by atoms with Crippen molar-refractivity contribution in [3.63, 3.8) is 0 Å². The maximum atomic E-state index is 12.0. The minimum absolute atomic E-state index is 0.0266. The average molecular weight is 559 g/mol. The van der Waals surface area contributed by atoms with E-state index in [0.717, 1.165) is 5.56 Å². The predicted octanol–water partition coefficient (Wildman–Crippen LogP) is 3.48. The Bertz CT molecular complexity index is 1410. The van der Waals surface area contributed by atoms with Gasteiger partial charge in [0.15, 0.2) is 29.0 Å². The van der Waals surface area contributed by atoms with Crippen molar-refractivity contribution in [1.82, 2.24) is 19.5 Å². The molecule has 1 unspecified atom stereocenters. The zero-order valence-electron chi connectivity index (χ0n) is 22.1. The van der Waals surface area contributed by atoms with E-state index in [2.05, 4.69) is 20.3 Å². The summed E-state index contributed by atoms with van der Waals surface area (Å²) in [6.07, 6.45) is -1.33. The molecule has 0 bridgehead atoms. The minimum Gasteiger partial charge on any atom is -0.366 e. The summed E-state index contributed by atoms with van der Waals surface area (Å²) >= 11 is 0. The van der Waals surface area contributed by atoms with Crippen LogP contribution < -0.4 is 5.32 Å². The van der Waals surface area contributed by atoms with Gasteiger partial charge >= 0.3 is 7.60 Å². The van der Waals surface area contributed by atoms with Gasteiger partial charge < -0.3 is 33.7 Å². The smallest absolute Gasteiger partial charge is 0.353 e. The molecule has 0 spiro atoms. The summed E-state index contributed by atoms with van der Waals surface area (Å²) in [5, 5.41) is 13.0. The zero-order valence-corrected chi connectivity index (χ0v) is 22.9. The highest BCUT2D eigenvalue weighted by atomic mass is 31.2. The quantitative estimate of drug-likeness (QED) is 0.349. The Kier molecular flexibility index (Phi) is 7.72. The number of hydrogen-bond acceptors (Lipinski definition) is 11. The van der Waals surface area contributed by atoms with Crippen LogP contribution in [-0.4, -0.2) is 68.1 Å². The molecule has 2 N–H and O–H groups in total. The lowest BCUT2D eigenvalue weighted by Gasteiger charge is -2.25. The van der Waals surface area contributed by atoms with Crippen LogP contribution in [-0.2, 0) is 28.0 Å². The summed E-state index contributed by atoms with van der Waals surface area (Å²) in [4.78, 5) is 23.2. The first kappa shape index (κ1) is 27.6. The molecule has 3 aromatic rings. The standard InChI is InChI=1S/C25H31N6O7P/c1-5-35-39(32,33)14-34-12-17-20-21(38-25(3,4)37-20)24(36-17)31-13-27-19-22(29-18(11-26)30-23(19)31)28-15(2)16-9-7-6-8-10-16/h6-10,13,15,17,20-21,24H,5,12,14H2,1-4H3,(H,32,33)(H,28,29,30)/t15-,17+,20+,21+,24+/m0/s1. The van der Waals surface area contributed by atoms with E-state index < -0.39 is 44.3 Å². The van der Waals surface area contributed by atoms with Crippen molar-refractivity contribution in [2.45, 2.75) is 64.1 Å². The number of rotatable bonds is 10. The van der Waals surface area contributed by atoms with Gasteiger partial charge in [0.25, 0.3) is 0 Å². The van der Waals surface area contributed by atoms with Gasteiger partial charge in [0.2, 0.25) is 5.82 Å².